The largest absolute Gasteiger partial charge is 0.508 e. The number of carbonyl (C=O) groups is 1. The van der Waals surface area contributed by atoms with E-state index in [9.17, 15) is 9.90 Å². The first-order valence-corrected chi connectivity index (χ1v) is 9.37. The van der Waals surface area contributed by atoms with E-state index in [1.165, 1.54) is 11.3 Å². The quantitative estimate of drug-likeness (QED) is 0.783. The Morgan fingerprint density at radius 1 is 1.20 bits per heavy atom. The molecule has 2 aromatic rings. The zero-order valence-corrected chi connectivity index (χ0v) is 15.9. The SMILES string of the molecule is CC1(C)CC(NC(=O)c2csc(-c3ccc(O)cc3)n2)CC(C)(C)N1. The summed E-state index contributed by atoms with van der Waals surface area (Å²) >= 11 is 1.43. The molecule has 0 bridgehead atoms. The lowest BCUT2D eigenvalue weighted by molar-refractivity contribution is 0.0869. The lowest BCUT2D eigenvalue weighted by Crippen LogP contribution is -2.62. The van der Waals surface area contributed by atoms with Crippen molar-refractivity contribution in [1.82, 2.24) is 15.6 Å². The number of nitrogens with one attached hydrogen (secondary N) is 2. The van der Waals surface area contributed by atoms with Crippen LogP contribution in [0.1, 0.15) is 51.0 Å². The van der Waals surface area contributed by atoms with E-state index in [1.54, 1.807) is 29.6 Å². The summed E-state index contributed by atoms with van der Waals surface area (Å²) in [7, 11) is 0. The average molecular weight is 359 g/mol. The van der Waals surface area contributed by atoms with Crippen molar-refractivity contribution in [1.29, 1.82) is 0 Å². The van der Waals surface area contributed by atoms with Gasteiger partial charge in [0.1, 0.15) is 16.5 Å². The number of hydrogen-bond donors (Lipinski definition) is 3. The van der Waals surface area contributed by atoms with E-state index in [0.717, 1.165) is 23.4 Å². The maximum absolute atomic E-state index is 12.6. The van der Waals surface area contributed by atoms with Crippen LogP contribution in [0.15, 0.2) is 29.6 Å². The number of aromatic hydroxyl groups is 1. The van der Waals surface area contributed by atoms with Crippen LogP contribution >= 0.6 is 11.3 Å². The Morgan fingerprint density at radius 3 is 2.40 bits per heavy atom. The van der Waals surface area contributed by atoms with Crippen LogP contribution in [0.4, 0.5) is 0 Å². The van der Waals surface area contributed by atoms with Gasteiger partial charge in [-0.1, -0.05) is 0 Å². The molecule has 5 nitrogen and oxygen atoms in total. The number of thiazole rings is 1. The Morgan fingerprint density at radius 2 is 1.80 bits per heavy atom. The first-order valence-electron chi connectivity index (χ1n) is 8.49. The number of piperidine rings is 1. The van der Waals surface area contributed by atoms with Gasteiger partial charge in [-0.2, -0.15) is 0 Å². The molecule has 0 spiro atoms. The summed E-state index contributed by atoms with van der Waals surface area (Å²) in [6, 6.07) is 6.96. The number of aromatic nitrogens is 1. The third kappa shape index (κ3) is 4.38. The van der Waals surface area contributed by atoms with Gasteiger partial charge in [0.2, 0.25) is 0 Å². The third-order valence-electron chi connectivity index (χ3n) is 4.38. The fourth-order valence-electron chi connectivity index (χ4n) is 3.80. The summed E-state index contributed by atoms with van der Waals surface area (Å²) in [5, 5.41) is 18.7. The molecule has 0 saturated carbocycles. The molecule has 1 fully saturated rings. The molecule has 0 atom stereocenters. The molecule has 1 aliphatic rings. The van der Waals surface area contributed by atoms with Crippen LogP contribution < -0.4 is 10.6 Å². The van der Waals surface area contributed by atoms with Gasteiger partial charge in [-0.3, -0.25) is 4.79 Å². The molecule has 0 unspecified atom stereocenters. The molecule has 134 valence electrons. The van der Waals surface area contributed by atoms with Crippen LogP contribution in [0.5, 0.6) is 5.75 Å². The maximum Gasteiger partial charge on any atom is 0.270 e. The normalized spacial score (nSPS) is 19.5. The number of phenolic OH excluding ortho intramolecular Hbond substituents is 1. The fourth-order valence-corrected chi connectivity index (χ4v) is 4.60. The van der Waals surface area contributed by atoms with Crippen LogP contribution in [0.2, 0.25) is 0 Å². The van der Waals surface area contributed by atoms with Gasteiger partial charge in [-0.05, 0) is 64.8 Å². The molecule has 2 heterocycles. The summed E-state index contributed by atoms with van der Waals surface area (Å²) in [4.78, 5) is 17.1. The number of benzene rings is 1. The van der Waals surface area contributed by atoms with Gasteiger partial charge in [0.15, 0.2) is 0 Å². The van der Waals surface area contributed by atoms with Gasteiger partial charge in [0.25, 0.3) is 5.91 Å². The minimum absolute atomic E-state index is 0.0149. The number of carbonyl (C=O) groups excluding carboxylic acids is 1. The van der Waals surface area contributed by atoms with Crippen LogP contribution in [-0.2, 0) is 0 Å². The molecule has 3 N–H and O–H groups in total. The van der Waals surface area contributed by atoms with E-state index in [1.807, 2.05) is 0 Å². The first-order chi connectivity index (χ1) is 11.6. The standard InChI is InChI=1S/C19H25N3O2S/c1-18(2)9-13(10-19(3,4)22-18)20-16(24)15-11-25-17(21-15)12-5-7-14(23)8-6-12/h5-8,11,13,22-23H,9-10H2,1-4H3,(H,20,24). The van der Waals surface area contributed by atoms with Crippen molar-refractivity contribution < 1.29 is 9.90 Å². The number of hydrogen-bond acceptors (Lipinski definition) is 5. The fraction of sp³-hybridized carbons (Fsp3) is 0.474. The molecule has 3 rings (SSSR count). The van der Waals surface area contributed by atoms with Crippen molar-refractivity contribution in [3.8, 4) is 16.3 Å². The maximum atomic E-state index is 12.6. The molecule has 1 saturated heterocycles. The van der Waals surface area contributed by atoms with E-state index >= 15 is 0 Å². The highest BCUT2D eigenvalue weighted by Crippen LogP contribution is 2.29. The lowest BCUT2D eigenvalue weighted by atomic mass is 9.79. The van der Waals surface area contributed by atoms with E-state index < -0.39 is 0 Å². The molecule has 0 radical (unpaired) electrons. The second kappa shape index (κ2) is 6.42. The number of phenols is 1. The highest BCUT2D eigenvalue weighted by molar-refractivity contribution is 7.13. The topological polar surface area (TPSA) is 74.2 Å². The van der Waals surface area contributed by atoms with Gasteiger partial charge in [-0.15, -0.1) is 11.3 Å². The van der Waals surface area contributed by atoms with Gasteiger partial charge < -0.3 is 15.7 Å². The van der Waals surface area contributed by atoms with Crippen LogP contribution in [-0.4, -0.2) is 33.1 Å². The second-order valence-electron chi connectivity index (χ2n) is 8.06. The molecule has 1 amide bonds. The molecule has 1 aliphatic heterocycles. The summed E-state index contributed by atoms with van der Waals surface area (Å²) in [5.74, 6) is 0.0918. The summed E-state index contributed by atoms with van der Waals surface area (Å²) in [6.07, 6.45) is 1.77. The van der Waals surface area contributed by atoms with Crippen LogP contribution in [0.25, 0.3) is 10.6 Å². The van der Waals surface area contributed by atoms with Crippen molar-refractivity contribution in [3.05, 3.63) is 35.3 Å². The number of rotatable bonds is 3. The second-order valence-corrected chi connectivity index (χ2v) is 8.91. The van der Waals surface area contributed by atoms with Gasteiger partial charge in [-0.25, -0.2) is 4.98 Å². The molecule has 1 aromatic carbocycles. The highest BCUT2D eigenvalue weighted by Gasteiger charge is 2.38. The molecular weight excluding hydrogens is 334 g/mol. The third-order valence-corrected chi connectivity index (χ3v) is 5.27. The van der Waals surface area contributed by atoms with Crippen molar-refractivity contribution in [3.63, 3.8) is 0 Å². The Kier molecular flexibility index (Phi) is 4.60. The van der Waals surface area contributed by atoms with Gasteiger partial charge >= 0.3 is 0 Å². The molecule has 1 aromatic heterocycles. The Hall–Kier alpha value is -1.92. The smallest absolute Gasteiger partial charge is 0.270 e. The predicted molar refractivity (Wildman–Crippen MR) is 101 cm³/mol. The highest BCUT2D eigenvalue weighted by atomic mass is 32.1. The van der Waals surface area contributed by atoms with E-state index in [-0.39, 0.29) is 28.8 Å². The van der Waals surface area contributed by atoms with Crippen molar-refractivity contribution in [2.45, 2.75) is 57.7 Å². The molecule has 25 heavy (non-hydrogen) atoms. The minimum Gasteiger partial charge on any atom is -0.508 e. The van der Waals surface area contributed by atoms with E-state index in [2.05, 4.69) is 43.3 Å². The van der Waals surface area contributed by atoms with E-state index in [0.29, 0.717) is 5.69 Å². The molecule has 6 heteroatoms. The van der Waals surface area contributed by atoms with Crippen LogP contribution in [0, 0.1) is 0 Å². The van der Waals surface area contributed by atoms with Crippen molar-refractivity contribution in [2.75, 3.05) is 0 Å². The monoisotopic (exact) mass is 359 g/mol. The van der Waals surface area contributed by atoms with Crippen molar-refractivity contribution in [2.24, 2.45) is 0 Å². The lowest BCUT2D eigenvalue weighted by Gasteiger charge is -2.46. The van der Waals surface area contributed by atoms with E-state index in [4.69, 9.17) is 0 Å². The van der Waals surface area contributed by atoms with Gasteiger partial charge in [0, 0.05) is 28.1 Å². The zero-order chi connectivity index (χ0) is 18.2. The van der Waals surface area contributed by atoms with Crippen molar-refractivity contribution >= 4 is 17.2 Å². The number of amides is 1. The summed E-state index contributed by atoms with van der Waals surface area (Å²) < 4.78 is 0. The zero-order valence-electron chi connectivity index (χ0n) is 15.1. The first kappa shape index (κ1) is 17.9. The molecular formula is C19H25N3O2S. The Balaban J connectivity index is 1.71. The predicted octanol–water partition coefficient (Wildman–Crippen LogP) is 3.55. The Bertz CT molecular complexity index is 749. The molecule has 0 aliphatic carbocycles. The average Bonchev–Trinajstić information content (AvgIpc) is 2.94. The summed E-state index contributed by atoms with van der Waals surface area (Å²) in [6.45, 7) is 8.66. The van der Waals surface area contributed by atoms with Crippen LogP contribution in [0.3, 0.4) is 0 Å². The summed E-state index contributed by atoms with van der Waals surface area (Å²) in [5.41, 5.74) is 1.31. The van der Waals surface area contributed by atoms with Gasteiger partial charge in [0.05, 0.1) is 0 Å². The minimum atomic E-state index is -0.125. The number of nitrogens with zero attached hydrogens (tertiary/aromatic N) is 1. The Labute approximate surface area is 152 Å².